The Labute approximate surface area is 115 Å². The Morgan fingerprint density at radius 2 is 2.24 bits per heavy atom. The van der Waals surface area contributed by atoms with Crippen LogP contribution in [-0.2, 0) is 13.1 Å². The van der Waals surface area contributed by atoms with Gasteiger partial charge in [-0.15, -0.1) is 12.4 Å². The second-order valence-corrected chi connectivity index (χ2v) is 4.89. The molecule has 1 aromatic carbocycles. The highest BCUT2D eigenvalue weighted by molar-refractivity contribution is 9.10. The van der Waals surface area contributed by atoms with E-state index >= 15 is 0 Å². The summed E-state index contributed by atoms with van der Waals surface area (Å²) in [5.74, 6) is 1.00. The second kappa shape index (κ2) is 4.88. The molecule has 0 radical (unpaired) electrons. The minimum atomic E-state index is 0. The number of ether oxygens (including phenoxy) is 1. The van der Waals surface area contributed by atoms with Crippen molar-refractivity contribution < 1.29 is 4.74 Å². The van der Waals surface area contributed by atoms with Crippen LogP contribution in [-0.4, -0.2) is 18.2 Å². The average Bonchev–Trinajstić information content (AvgIpc) is 2.61. The Hall–Kier alpha value is -0.710. The van der Waals surface area contributed by atoms with Gasteiger partial charge in [0.1, 0.15) is 5.75 Å². The summed E-state index contributed by atoms with van der Waals surface area (Å²) in [5, 5.41) is 4.57. The molecule has 0 saturated carbocycles. The van der Waals surface area contributed by atoms with E-state index in [4.69, 9.17) is 4.74 Å². The van der Waals surface area contributed by atoms with Crippen molar-refractivity contribution in [2.24, 2.45) is 0 Å². The molecule has 3 nitrogen and oxygen atoms in total. The number of aromatic nitrogens is 1. The Bertz CT molecular complexity index is 553. The lowest BCUT2D eigenvalue weighted by Gasteiger charge is -2.17. The maximum atomic E-state index is 5.54. The molecule has 1 aliphatic heterocycles. The number of benzene rings is 1. The zero-order chi connectivity index (χ0) is 11.1. The third kappa shape index (κ3) is 1.94. The van der Waals surface area contributed by atoms with Gasteiger partial charge in [0, 0.05) is 29.5 Å². The first-order valence-electron chi connectivity index (χ1n) is 5.36. The molecule has 5 heteroatoms. The molecule has 2 aromatic rings. The first-order valence-corrected chi connectivity index (χ1v) is 6.16. The number of halogens is 2. The molecular weight excluding hydrogens is 304 g/mol. The van der Waals surface area contributed by atoms with Gasteiger partial charge in [0.25, 0.3) is 0 Å². The normalized spacial score (nSPS) is 14.2. The maximum Gasteiger partial charge on any atom is 0.148 e. The molecule has 17 heavy (non-hydrogen) atoms. The Balaban J connectivity index is 0.00000108. The van der Waals surface area contributed by atoms with Gasteiger partial charge >= 0.3 is 0 Å². The van der Waals surface area contributed by atoms with E-state index in [1.165, 1.54) is 16.6 Å². The van der Waals surface area contributed by atoms with Crippen molar-refractivity contribution in [1.82, 2.24) is 9.88 Å². The monoisotopic (exact) mass is 316 g/mol. The zero-order valence-electron chi connectivity index (χ0n) is 9.50. The van der Waals surface area contributed by atoms with Crippen LogP contribution in [0, 0.1) is 0 Å². The molecule has 1 aliphatic rings. The molecule has 2 heterocycles. The van der Waals surface area contributed by atoms with Crippen LogP contribution < -0.4 is 10.1 Å². The number of methoxy groups -OCH3 is 1. The van der Waals surface area contributed by atoms with Crippen LogP contribution in [0.2, 0.25) is 0 Å². The largest absolute Gasteiger partial charge is 0.494 e. The molecule has 0 aliphatic carbocycles. The molecular formula is C12H14BrClN2O. The van der Waals surface area contributed by atoms with Gasteiger partial charge < -0.3 is 14.6 Å². The minimum Gasteiger partial charge on any atom is -0.494 e. The fourth-order valence-corrected chi connectivity index (χ4v) is 2.77. The molecule has 92 valence electrons. The summed E-state index contributed by atoms with van der Waals surface area (Å²) in [6.07, 6.45) is 0. The van der Waals surface area contributed by atoms with Gasteiger partial charge in [-0.05, 0) is 18.2 Å². The van der Waals surface area contributed by atoms with Crippen LogP contribution in [0.5, 0.6) is 5.75 Å². The van der Waals surface area contributed by atoms with E-state index in [0.717, 1.165) is 29.9 Å². The summed E-state index contributed by atoms with van der Waals surface area (Å²) in [5.41, 5.74) is 2.51. The molecule has 1 aromatic heterocycles. The molecule has 0 fully saturated rings. The average molecular weight is 318 g/mol. The standard InChI is InChI=1S/C12H13BrN2O.ClH/c1-16-12-9-6-8(13)2-3-10(9)15-5-4-14-7-11(12)15;/h2-3,6,14H,4-5,7H2,1H3;1H. The Kier molecular flexibility index (Phi) is 3.66. The predicted molar refractivity (Wildman–Crippen MR) is 75.1 cm³/mol. The smallest absolute Gasteiger partial charge is 0.148 e. The van der Waals surface area contributed by atoms with Crippen molar-refractivity contribution in [2.75, 3.05) is 13.7 Å². The Morgan fingerprint density at radius 1 is 1.41 bits per heavy atom. The van der Waals surface area contributed by atoms with Crippen LogP contribution in [0.4, 0.5) is 0 Å². The third-order valence-electron chi connectivity index (χ3n) is 3.09. The van der Waals surface area contributed by atoms with Gasteiger partial charge in [0.15, 0.2) is 0 Å². The van der Waals surface area contributed by atoms with Gasteiger partial charge in [-0.1, -0.05) is 15.9 Å². The molecule has 1 N–H and O–H groups in total. The maximum absolute atomic E-state index is 5.54. The quantitative estimate of drug-likeness (QED) is 0.875. The third-order valence-corrected chi connectivity index (χ3v) is 3.58. The lowest BCUT2D eigenvalue weighted by molar-refractivity contribution is 0.401. The number of nitrogens with one attached hydrogen (secondary N) is 1. The number of rotatable bonds is 1. The van der Waals surface area contributed by atoms with E-state index in [0.29, 0.717) is 0 Å². The summed E-state index contributed by atoms with van der Waals surface area (Å²) < 4.78 is 8.98. The van der Waals surface area contributed by atoms with Gasteiger partial charge in [-0.25, -0.2) is 0 Å². The van der Waals surface area contributed by atoms with Gasteiger partial charge in [-0.3, -0.25) is 0 Å². The van der Waals surface area contributed by atoms with Crippen LogP contribution in [0.3, 0.4) is 0 Å². The van der Waals surface area contributed by atoms with Crippen molar-refractivity contribution in [3.05, 3.63) is 28.4 Å². The summed E-state index contributed by atoms with van der Waals surface area (Å²) in [7, 11) is 1.74. The highest BCUT2D eigenvalue weighted by Gasteiger charge is 2.19. The van der Waals surface area contributed by atoms with E-state index in [9.17, 15) is 0 Å². The molecule has 0 amide bonds. The summed E-state index contributed by atoms with van der Waals surface area (Å²) in [4.78, 5) is 0. The molecule has 0 bridgehead atoms. The molecule has 3 rings (SSSR count). The second-order valence-electron chi connectivity index (χ2n) is 3.97. The molecule has 0 spiro atoms. The van der Waals surface area contributed by atoms with Gasteiger partial charge in [-0.2, -0.15) is 0 Å². The first-order chi connectivity index (χ1) is 7.81. The zero-order valence-corrected chi connectivity index (χ0v) is 11.9. The van der Waals surface area contributed by atoms with E-state index < -0.39 is 0 Å². The predicted octanol–water partition coefficient (Wildman–Crippen LogP) is 2.94. The van der Waals surface area contributed by atoms with Crippen molar-refractivity contribution in [1.29, 1.82) is 0 Å². The van der Waals surface area contributed by atoms with Crippen molar-refractivity contribution in [2.45, 2.75) is 13.1 Å². The fraction of sp³-hybridized carbons (Fsp3) is 0.333. The van der Waals surface area contributed by atoms with E-state index in [2.05, 4.69) is 44.0 Å². The van der Waals surface area contributed by atoms with Crippen molar-refractivity contribution in [3.63, 3.8) is 0 Å². The van der Waals surface area contributed by atoms with Crippen molar-refractivity contribution >= 4 is 39.2 Å². The van der Waals surface area contributed by atoms with Crippen LogP contribution in [0.1, 0.15) is 5.69 Å². The summed E-state index contributed by atoms with van der Waals surface area (Å²) in [6.45, 7) is 2.92. The summed E-state index contributed by atoms with van der Waals surface area (Å²) in [6, 6.07) is 6.35. The van der Waals surface area contributed by atoms with Gasteiger partial charge in [0.05, 0.1) is 18.3 Å². The molecule has 0 saturated heterocycles. The highest BCUT2D eigenvalue weighted by Crippen LogP contribution is 2.35. The van der Waals surface area contributed by atoms with Crippen LogP contribution >= 0.6 is 28.3 Å². The first kappa shape index (κ1) is 12.7. The highest BCUT2D eigenvalue weighted by atomic mass is 79.9. The lowest BCUT2D eigenvalue weighted by Crippen LogP contribution is -2.27. The fourth-order valence-electron chi connectivity index (χ4n) is 2.41. The van der Waals surface area contributed by atoms with Crippen molar-refractivity contribution in [3.8, 4) is 5.75 Å². The summed E-state index contributed by atoms with van der Waals surface area (Å²) >= 11 is 3.51. The molecule has 0 atom stereocenters. The van der Waals surface area contributed by atoms with E-state index in [1.807, 2.05) is 0 Å². The van der Waals surface area contributed by atoms with E-state index in [-0.39, 0.29) is 12.4 Å². The topological polar surface area (TPSA) is 26.2 Å². The number of nitrogens with zero attached hydrogens (tertiary/aromatic N) is 1. The van der Waals surface area contributed by atoms with E-state index in [1.54, 1.807) is 7.11 Å². The van der Waals surface area contributed by atoms with Gasteiger partial charge in [0.2, 0.25) is 0 Å². The molecule has 0 unspecified atom stereocenters. The minimum absolute atomic E-state index is 0. The SMILES string of the molecule is COc1c2n(c3ccc(Br)cc13)CCNC2.Cl. The van der Waals surface area contributed by atoms with Crippen LogP contribution in [0.25, 0.3) is 10.9 Å². The number of hydrogen-bond donors (Lipinski definition) is 1. The van der Waals surface area contributed by atoms with Crippen LogP contribution in [0.15, 0.2) is 22.7 Å². The number of hydrogen-bond acceptors (Lipinski definition) is 2. The Morgan fingerprint density at radius 3 is 3.00 bits per heavy atom. The number of fused-ring (bicyclic) bond motifs is 3. The lowest BCUT2D eigenvalue weighted by atomic mass is 10.2.